The average molecular weight is 260 g/mol. The maximum atomic E-state index is 11.2. The third kappa shape index (κ3) is 3.39. The minimum absolute atomic E-state index is 0.0293. The first-order valence-corrected chi connectivity index (χ1v) is 5.50. The molecule has 0 fully saturated rings. The second-order valence-electron chi connectivity index (χ2n) is 3.66. The van der Waals surface area contributed by atoms with Crippen LogP contribution in [-0.4, -0.2) is 18.0 Å². The number of nitro benzene ring substituents is 1. The molecule has 0 atom stereocenters. The number of methoxy groups -OCH3 is 1. The number of benzene rings is 1. The first kappa shape index (κ1) is 14.4. The zero-order valence-corrected chi connectivity index (χ0v) is 10.5. The summed E-state index contributed by atoms with van der Waals surface area (Å²) in [7, 11) is 1.16. The Morgan fingerprint density at radius 3 is 2.74 bits per heavy atom. The van der Waals surface area contributed by atoms with Crippen LogP contribution < -0.4 is 0 Å². The normalized spacial score (nSPS) is 10.7. The fraction of sp³-hybridized carbons (Fsp3) is 0.231. The number of nitrogens with zero attached hydrogens (tertiary/aromatic N) is 2. The molecule has 19 heavy (non-hydrogen) atoms. The van der Waals surface area contributed by atoms with E-state index < -0.39 is 10.9 Å². The van der Waals surface area contributed by atoms with Crippen molar-refractivity contribution in [3.63, 3.8) is 0 Å². The standard InChI is InChI=1S/C13H12N2O4/c1-3-10-5-4-9(7-12(10)15(17)18)6-11(8-14)13(16)19-2/h4-7H,3H2,1-2H3/b11-6+. The molecule has 1 aromatic rings. The molecule has 0 saturated heterocycles. The molecule has 0 unspecified atom stereocenters. The number of carbonyl (C=O) groups is 1. The van der Waals surface area contributed by atoms with E-state index in [4.69, 9.17) is 5.26 Å². The highest BCUT2D eigenvalue weighted by atomic mass is 16.6. The lowest BCUT2D eigenvalue weighted by molar-refractivity contribution is -0.385. The molecule has 0 heterocycles. The van der Waals surface area contributed by atoms with Gasteiger partial charge in [0, 0.05) is 11.6 Å². The predicted octanol–water partition coefficient (Wildman–Crippen LogP) is 2.24. The molecule has 6 heteroatoms. The number of hydrogen-bond acceptors (Lipinski definition) is 5. The third-order valence-electron chi connectivity index (χ3n) is 2.52. The van der Waals surface area contributed by atoms with E-state index in [0.717, 1.165) is 7.11 Å². The Kier molecular flexibility index (Phi) is 4.77. The van der Waals surface area contributed by atoms with Gasteiger partial charge in [-0.1, -0.05) is 19.1 Å². The van der Waals surface area contributed by atoms with Crippen molar-refractivity contribution in [3.8, 4) is 6.07 Å². The summed E-state index contributed by atoms with van der Waals surface area (Å²) >= 11 is 0. The molecule has 0 aromatic heterocycles. The van der Waals surface area contributed by atoms with Gasteiger partial charge < -0.3 is 4.74 Å². The van der Waals surface area contributed by atoms with Crippen LogP contribution >= 0.6 is 0 Å². The van der Waals surface area contributed by atoms with E-state index in [1.54, 1.807) is 18.2 Å². The van der Waals surface area contributed by atoms with Crippen LogP contribution in [0.2, 0.25) is 0 Å². The van der Waals surface area contributed by atoms with Gasteiger partial charge in [0.25, 0.3) is 5.69 Å². The summed E-state index contributed by atoms with van der Waals surface area (Å²) in [4.78, 5) is 21.7. The first-order chi connectivity index (χ1) is 9.03. The summed E-state index contributed by atoms with van der Waals surface area (Å²) in [5.41, 5.74) is 0.768. The van der Waals surface area contributed by atoms with E-state index >= 15 is 0 Å². The van der Waals surface area contributed by atoms with Gasteiger partial charge in [0.15, 0.2) is 0 Å². The Hall–Kier alpha value is -2.68. The summed E-state index contributed by atoms with van der Waals surface area (Å²) in [6.07, 6.45) is 1.79. The topological polar surface area (TPSA) is 93.2 Å². The molecule has 6 nitrogen and oxygen atoms in total. The van der Waals surface area contributed by atoms with Crippen molar-refractivity contribution in [2.75, 3.05) is 7.11 Å². The Labute approximate surface area is 110 Å². The van der Waals surface area contributed by atoms with Crippen molar-refractivity contribution in [3.05, 3.63) is 45.0 Å². The van der Waals surface area contributed by atoms with E-state index in [9.17, 15) is 14.9 Å². The number of ether oxygens (including phenoxy) is 1. The maximum Gasteiger partial charge on any atom is 0.348 e. The van der Waals surface area contributed by atoms with Crippen LogP contribution in [0.25, 0.3) is 6.08 Å². The van der Waals surface area contributed by atoms with Gasteiger partial charge in [-0.15, -0.1) is 0 Å². The zero-order valence-electron chi connectivity index (χ0n) is 10.5. The van der Waals surface area contributed by atoms with Crippen LogP contribution in [0.5, 0.6) is 0 Å². The Bertz CT molecular complexity index is 585. The van der Waals surface area contributed by atoms with Crippen molar-refractivity contribution in [1.29, 1.82) is 5.26 Å². The second kappa shape index (κ2) is 6.31. The lowest BCUT2D eigenvalue weighted by Gasteiger charge is -2.02. The van der Waals surface area contributed by atoms with E-state index in [1.807, 2.05) is 6.92 Å². The summed E-state index contributed by atoms with van der Waals surface area (Å²) in [5.74, 6) is -0.773. The maximum absolute atomic E-state index is 11.2. The van der Waals surface area contributed by atoms with Gasteiger partial charge in [-0.25, -0.2) is 4.79 Å². The molecule has 0 aliphatic carbocycles. The van der Waals surface area contributed by atoms with Gasteiger partial charge in [-0.2, -0.15) is 5.26 Å². The van der Waals surface area contributed by atoms with Crippen molar-refractivity contribution in [1.82, 2.24) is 0 Å². The molecule has 0 bridgehead atoms. The Morgan fingerprint density at radius 2 is 2.26 bits per heavy atom. The third-order valence-corrected chi connectivity index (χ3v) is 2.52. The van der Waals surface area contributed by atoms with Crippen molar-refractivity contribution >= 4 is 17.7 Å². The first-order valence-electron chi connectivity index (χ1n) is 5.50. The average Bonchev–Trinajstić information content (AvgIpc) is 2.43. The van der Waals surface area contributed by atoms with Gasteiger partial charge in [0.05, 0.1) is 12.0 Å². The van der Waals surface area contributed by atoms with E-state index in [0.29, 0.717) is 17.5 Å². The molecule has 0 N–H and O–H groups in total. The molecule has 0 amide bonds. The highest BCUT2D eigenvalue weighted by Gasteiger charge is 2.14. The van der Waals surface area contributed by atoms with Crippen molar-refractivity contribution in [2.45, 2.75) is 13.3 Å². The molecule has 0 spiro atoms. The summed E-state index contributed by atoms with van der Waals surface area (Å²) in [5, 5.41) is 19.7. The van der Waals surface area contributed by atoms with Gasteiger partial charge in [0.1, 0.15) is 11.6 Å². The van der Waals surface area contributed by atoms with E-state index in [1.165, 1.54) is 12.1 Å². The minimum Gasteiger partial charge on any atom is -0.465 e. The Morgan fingerprint density at radius 1 is 1.58 bits per heavy atom. The highest BCUT2D eigenvalue weighted by Crippen LogP contribution is 2.22. The summed E-state index contributed by atoms with van der Waals surface area (Å²) < 4.78 is 4.43. The lowest BCUT2D eigenvalue weighted by Crippen LogP contribution is -2.02. The smallest absolute Gasteiger partial charge is 0.348 e. The van der Waals surface area contributed by atoms with Gasteiger partial charge in [-0.05, 0) is 18.1 Å². The second-order valence-corrected chi connectivity index (χ2v) is 3.66. The SMILES string of the molecule is CCc1ccc(/C=C(\C#N)C(=O)OC)cc1[N+](=O)[O-]. The summed E-state index contributed by atoms with van der Waals surface area (Å²) in [6, 6.07) is 6.25. The predicted molar refractivity (Wildman–Crippen MR) is 68.1 cm³/mol. The number of aryl methyl sites for hydroxylation is 1. The zero-order chi connectivity index (χ0) is 14.4. The molecular weight excluding hydrogens is 248 g/mol. The molecule has 98 valence electrons. The Balaban J connectivity index is 3.27. The fourth-order valence-corrected chi connectivity index (χ4v) is 1.55. The number of hydrogen-bond donors (Lipinski definition) is 0. The van der Waals surface area contributed by atoms with Crippen LogP contribution in [0.4, 0.5) is 5.69 Å². The quantitative estimate of drug-likeness (QED) is 0.272. The molecule has 1 rings (SSSR count). The number of esters is 1. The van der Waals surface area contributed by atoms with E-state index in [2.05, 4.69) is 4.74 Å². The molecule has 0 radical (unpaired) electrons. The van der Waals surface area contributed by atoms with E-state index in [-0.39, 0.29) is 11.3 Å². The van der Waals surface area contributed by atoms with Crippen LogP contribution in [-0.2, 0) is 16.0 Å². The molecule has 1 aromatic carbocycles. The molecular formula is C13H12N2O4. The molecule has 0 saturated carbocycles. The largest absolute Gasteiger partial charge is 0.465 e. The number of carbonyl (C=O) groups excluding carboxylic acids is 1. The van der Waals surface area contributed by atoms with Crippen molar-refractivity contribution < 1.29 is 14.5 Å². The minimum atomic E-state index is -0.773. The van der Waals surface area contributed by atoms with Crippen molar-refractivity contribution in [2.24, 2.45) is 0 Å². The van der Waals surface area contributed by atoms with Crippen LogP contribution in [0.15, 0.2) is 23.8 Å². The number of rotatable bonds is 4. The lowest BCUT2D eigenvalue weighted by atomic mass is 10.1. The van der Waals surface area contributed by atoms with Crippen LogP contribution in [0.3, 0.4) is 0 Å². The highest BCUT2D eigenvalue weighted by molar-refractivity contribution is 5.97. The van der Waals surface area contributed by atoms with Gasteiger partial charge in [-0.3, -0.25) is 10.1 Å². The summed E-state index contributed by atoms with van der Waals surface area (Å²) in [6.45, 7) is 1.81. The number of nitriles is 1. The monoisotopic (exact) mass is 260 g/mol. The van der Waals surface area contributed by atoms with Crippen LogP contribution in [0.1, 0.15) is 18.1 Å². The number of nitro groups is 1. The van der Waals surface area contributed by atoms with Gasteiger partial charge in [0.2, 0.25) is 0 Å². The van der Waals surface area contributed by atoms with Gasteiger partial charge >= 0.3 is 5.97 Å². The fourth-order valence-electron chi connectivity index (χ4n) is 1.55. The molecule has 0 aliphatic heterocycles. The van der Waals surface area contributed by atoms with Crippen LogP contribution in [0, 0.1) is 21.4 Å². The molecule has 0 aliphatic rings.